The van der Waals surface area contributed by atoms with Crippen molar-refractivity contribution >= 4 is 0 Å². The molecule has 1 aromatic rings. The SMILES string of the molecule is O[C@H]1CC(C2CC2)Oc2ccccc21. The van der Waals surface area contributed by atoms with Crippen LogP contribution in [0, 0.1) is 5.92 Å². The van der Waals surface area contributed by atoms with Crippen LogP contribution < -0.4 is 4.74 Å². The minimum absolute atomic E-state index is 0.250. The summed E-state index contributed by atoms with van der Waals surface area (Å²) in [7, 11) is 0. The van der Waals surface area contributed by atoms with Gasteiger partial charge in [-0.15, -0.1) is 0 Å². The molecule has 0 bridgehead atoms. The Morgan fingerprint density at radius 3 is 2.79 bits per heavy atom. The number of rotatable bonds is 1. The Morgan fingerprint density at radius 1 is 1.21 bits per heavy atom. The van der Waals surface area contributed by atoms with E-state index >= 15 is 0 Å². The maximum atomic E-state index is 9.93. The Labute approximate surface area is 83.5 Å². The number of para-hydroxylation sites is 1. The molecule has 0 amide bonds. The minimum Gasteiger partial charge on any atom is -0.490 e. The summed E-state index contributed by atoms with van der Waals surface area (Å²) in [6.45, 7) is 0. The molecule has 2 atom stereocenters. The zero-order valence-corrected chi connectivity index (χ0v) is 8.02. The summed E-state index contributed by atoms with van der Waals surface area (Å²) >= 11 is 0. The Bertz CT molecular complexity index is 344. The van der Waals surface area contributed by atoms with Crippen LogP contribution in [-0.2, 0) is 0 Å². The first-order valence-corrected chi connectivity index (χ1v) is 5.28. The normalized spacial score (nSPS) is 30.6. The van der Waals surface area contributed by atoms with Gasteiger partial charge in [-0.05, 0) is 24.8 Å². The molecule has 0 spiro atoms. The third-order valence-corrected chi connectivity index (χ3v) is 3.16. The van der Waals surface area contributed by atoms with E-state index in [4.69, 9.17) is 4.74 Å². The molecule has 1 aromatic carbocycles. The lowest BCUT2D eigenvalue weighted by molar-refractivity contribution is 0.0551. The predicted octanol–water partition coefficient (Wildman–Crippen LogP) is 2.28. The Hall–Kier alpha value is -1.02. The molecule has 1 unspecified atom stereocenters. The van der Waals surface area contributed by atoms with Crippen molar-refractivity contribution < 1.29 is 9.84 Å². The highest BCUT2D eigenvalue weighted by molar-refractivity contribution is 5.37. The highest BCUT2D eigenvalue weighted by Crippen LogP contribution is 2.43. The first-order chi connectivity index (χ1) is 6.84. The molecular weight excluding hydrogens is 176 g/mol. The number of hydrogen-bond donors (Lipinski definition) is 1. The van der Waals surface area contributed by atoms with E-state index in [0.29, 0.717) is 5.92 Å². The maximum absolute atomic E-state index is 9.93. The maximum Gasteiger partial charge on any atom is 0.125 e. The van der Waals surface area contributed by atoms with Crippen LogP contribution in [-0.4, -0.2) is 11.2 Å². The van der Waals surface area contributed by atoms with Crippen LogP contribution in [0.3, 0.4) is 0 Å². The van der Waals surface area contributed by atoms with Crippen LogP contribution in [0.2, 0.25) is 0 Å². The van der Waals surface area contributed by atoms with Gasteiger partial charge in [-0.1, -0.05) is 18.2 Å². The third kappa shape index (κ3) is 1.30. The summed E-state index contributed by atoms with van der Waals surface area (Å²) in [5, 5.41) is 9.93. The van der Waals surface area contributed by atoms with Crippen LogP contribution in [0.15, 0.2) is 24.3 Å². The standard InChI is InChI=1S/C12H14O2/c13-10-7-12(8-5-6-8)14-11-4-2-1-3-9(10)11/h1-4,8,10,12-13H,5-7H2/t10-,12?/m0/s1. The molecule has 0 radical (unpaired) electrons. The molecule has 2 aliphatic rings. The van der Waals surface area contributed by atoms with Crippen molar-refractivity contribution in [2.24, 2.45) is 5.92 Å². The van der Waals surface area contributed by atoms with Gasteiger partial charge in [0.05, 0.1) is 6.10 Å². The van der Waals surface area contributed by atoms with Gasteiger partial charge in [-0.3, -0.25) is 0 Å². The number of benzene rings is 1. The van der Waals surface area contributed by atoms with Crippen molar-refractivity contribution in [1.29, 1.82) is 0 Å². The van der Waals surface area contributed by atoms with Crippen molar-refractivity contribution in [3.05, 3.63) is 29.8 Å². The molecule has 1 fully saturated rings. The van der Waals surface area contributed by atoms with Gasteiger partial charge < -0.3 is 9.84 Å². The second-order valence-electron chi connectivity index (χ2n) is 4.28. The molecule has 0 aromatic heterocycles. The van der Waals surface area contributed by atoms with E-state index < -0.39 is 0 Å². The number of hydrogen-bond acceptors (Lipinski definition) is 2. The van der Waals surface area contributed by atoms with Crippen LogP contribution in [0.5, 0.6) is 5.75 Å². The van der Waals surface area contributed by atoms with Gasteiger partial charge in [-0.25, -0.2) is 0 Å². The number of aliphatic hydroxyl groups excluding tert-OH is 1. The molecule has 2 heteroatoms. The molecule has 74 valence electrons. The molecule has 0 saturated heterocycles. The average Bonchev–Trinajstić information content (AvgIpc) is 3.01. The van der Waals surface area contributed by atoms with E-state index in [1.54, 1.807) is 0 Å². The fourth-order valence-electron chi connectivity index (χ4n) is 2.18. The molecule has 3 rings (SSSR count). The Balaban J connectivity index is 1.91. The van der Waals surface area contributed by atoms with E-state index in [1.807, 2.05) is 24.3 Å². The van der Waals surface area contributed by atoms with Crippen molar-refractivity contribution in [2.45, 2.75) is 31.5 Å². The molecule has 1 saturated carbocycles. The zero-order valence-electron chi connectivity index (χ0n) is 8.02. The van der Waals surface area contributed by atoms with Gasteiger partial charge in [0.2, 0.25) is 0 Å². The summed E-state index contributed by atoms with van der Waals surface area (Å²) in [5.74, 6) is 1.57. The lowest BCUT2D eigenvalue weighted by Crippen LogP contribution is -2.27. The molecular formula is C12H14O2. The Kier molecular flexibility index (Phi) is 1.77. The highest BCUT2D eigenvalue weighted by Gasteiger charge is 2.37. The molecule has 2 nitrogen and oxygen atoms in total. The van der Waals surface area contributed by atoms with Gasteiger partial charge in [-0.2, -0.15) is 0 Å². The van der Waals surface area contributed by atoms with Crippen LogP contribution >= 0.6 is 0 Å². The summed E-state index contributed by atoms with van der Waals surface area (Å²) in [6.07, 6.45) is 3.21. The minimum atomic E-state index is -0.328. The second-order valence-corrected chi connectivity index (χ2v) is 4.28. The first kappa shape index (κ1) is 8.30. The molecule has 1 aliphatic heterocycles. The second kappa shape index (κ2) is 2.99. The molecule has 1 heterocycles. The lowest BCUT2D eigenvalue weighted by atomic mass is 9.97. The van der Waals surface area contributed by atoms with E-state index in [2.05, 4.69) is 0 Å². The summed E-state index contributed by atoms with van der Waals surface area (Å²) in [5.41, 5.74) is 0.949. The summed E-state index contributed by atoms with van der Waals surface area (Å²) < 4.78 is 5.87. The average molecular weight is 190 g/mol. The van der Waals surface area contributed by atoms with Crippen molar-refractivity contribution in [3.8, 4) is 5.75 Å². The van der Waals surface area contributed by atoms with Gasteiger partial charge in [0.25, 0.3) is 0 Å². The molecule has 1 N–H and O–H groups in total. The predicted molar refractivity (Wildman–Crippen MR) is 53.2 cm³/mol. The number of aliphatic hydroxyl groups is 1. The Morgan fingerprint density at radius 2 is 2.00 bits per heavy atom. The van der Waals surface area contributed by atoms with Crippen LogP contribution in [0.1, 0.15) is 30.9 Å². The number of fused-ring (bicyclic) bond motifs is 1. The van der Waals surface area contributed by atoms with E-state index in [9.17, 15) is 5.11 Å². The number of ether oxygens (including phenoxy) is 1. The fourth-order valence-corrected chi connectivity index (χ4v) is 2.18. The van der Waals surface area contributed by atoms with Crippen LogP contribution in [0.4, 0.5) is 0 Å². The fraction of sp³-hybridized carbons (Fsp3) is 0.500. The van der Waals surface area contributed by atoms with Crippen molar-refractivity contribution in [3.63, 3.8) is 0 Å². The smallest absolute Gasteiger partial charge is 0.125 e. The van der Waals surface area contributed by atoms with Crippen molar-refractivity contribution in [2.75, 3.05) is 0 Å². The van der Waals surface area contributed by atoms with Crippen LogP contribution in [0.25, 0.3) is 0 Å². The zero-order chi connectivity index (χ0) is 9.54. The topological polar surface area (TPSA) is 29.5 Å². The van der Waals surface area contributed by atoms with Gasteiger partial charge >= 0.3 is 0 Å². The lowest BCUT2D eigenvalue weighted by Gasteiger charge is -2.29. The third-order valence-electron chi connectivity index (χ3n) is 3.16. The monoisotopic (exact) mass is 190 g/mol. The highest BCUT2D eigenvalue weighted by atomic mass is 16.5. The van der Waals surface area contributed by atoms with Crippen molar-refractivity contribution in [1.82, 2.24) is 0 Å². The molecule has 1 aliphatic carbocycles. The summed E-state index contributed by atoms with van der Waals surface area (Å²) in [4.78, 5) is 0. The largest absolute Gasteiger partial charge is 0.490 e. The van der Waals surface area contributed by atoms with Gasteiger partial charge in [0.1, 0.15) is 11.9 Å². The van der Waals surface area contributed by atoms with Gasteiger partial charge in [0, 0.05) is 12.0 Å². The quantitative estimate of drug-likeness (QED) is 0.736. The van der Waals surface area contributed by atoms with E-state index in [1.165, 1.54) is 12.8 Å². The first-order valence-electron chi connectivity index (χ1n) is 5.28. The summed E-state index contributed by atoms with van der Waals surface area (Å²) in [6, 6.07) is 7.81. The van der Waals surface area contributed by atoms with E-state index in [-0.39, 0.29) is 12.2 Å². The molecule has 14 heavy (non-hydrogen) atoms. The van der Waals surface area contributed by atoms with Gasteiger partial charge in [0.15, 0.2) is 0 Å². The van der Waals surface area contributed by atoms with E-state index in [0.717, 1.165) is 17.7 Å².